The first-order valence-electron chi connectivity index (χ1n) is 10.6. The Kier molecular flexibility index (Phi) is 9.56. The largest absolute Gasteiger partial charge is 0.357 e. The van der Waals surface area contributed by atoms with Crippen LogP contribution in [0.25, 0.3) is 0 Å². The molecule has 6 heteroatoms. The summed E-state index contributed by atoms with van der Waals surface area (Å²) in [5.74, 6) is 0.911. The van der Waals surface area contributed by atoms with Gasteiger partial charge in [-0.3, -0.25) is 9.89 Å². The van der Waals surface area contributed by atoms with Gasteiger partial charge in [-0.25, -0.2) is 0 Å². The summed E-state index contributed by atoms with van der Waals surface area (Å²) < 4.78 is 0. The number of piperazine rings is 1. The van der Waals surface area contributed by atoms with E-state index in [1.165, 1.54) is 18.7 Å². The molecule has 0 aliphatic carbocycles. The Morgan fingerprint density at radius 2 is 1.82 bits per heavy atom. The molecule has 0 aromatic heterocycles. The SMILES string of the molecule is CCNC(=NCC(C)(C)Cc1cccc(Cl)c1)NCCN1CCN(CC)CC1. The van der Waals surface area contributed by atoms with E-state index >= 15 is 0 Å². The molecule has 0 bridgehead atoms. The minimum Gasteiger partial charge on any atom is -0.357 e. The summed E-state index contributed by atoms with van der Waals surface area (Å²) >= 11 is 6.13. The molecule has 0 radical (unpaired) electrons. The zero-order chi connectivity index (χ0) is 20.4. The van der Waals surface area contributed by atoms with Crippen LogP contribution in [0.4, 0.5) is 0 Å². The molecule has 1 aromatic rings. The Labute approximate surface area is 176 Å². The molecule has 1 aromatic carbocycles. The Balaban J connectivity index is 1.80. The second-order valence-corrected chi connectivity index (χ2v) is 8.81. The number of benzene rings is 1. The number of likely N-dealkylation sites (N-methyl/N-ethyl adjacent to an activating group) is 1. The maximum absolute atomic E-state index is 6.13. The number of aliphatic imine (C=N–C) groups is 1. The number of halogens is 1. The number of guanidine groups is 1. The molecule has 0 unspecified atom stereocenters. The summed E-state index contributed by atoms with van der Waals surface area (Å²) in [6, 6.07) is 8.13. The highest BCUT2D eigenvalue weighted by atomic mass is 35.5. The van der Waals surface area contributed by atoms with Gasteiger partial charge in [0.25, 0.3) is 0 Å². The van der Waals surface area contributed by atoms with Crippen molar-refractivity contribution in [3.63, 3.8) is 0 Å². The van der Waals surface area contributed by atoms with E-state index in [1.54, 1.807) is 0 Å². The minimum atomic E-state index is 0.0729. The van der Waals surface area contributed by atoms with Crippen molar-refractivity contribution in [1.29, 1.82) is 0 Å². The minimum absolute atomic E-state index is 0.0729. The Morgan fingerprint density at radius 3 is 2.46 bits per heavy atom. The van der Waals surface area contributed by atoms with E-state index in [9.17, 15) is 0 Å². The molecule has 1 aliphatic heterocycles. The maximum atomic E-state index is 6.13. The molecule has 158 valence electrons. The third-order valence-electron chi connectivity index (χ3n) is 5.21. The van der Waals surface area contributed by atoms with Crippen LogP contribution in [0.5, 0.6) is 0 Å². The van der Waals surface area contributed by atoms with Gasteiger partial charge in [-0.2, -0.15) is 0 Å². The van der Waals surface area contributed by atoms with Gasteiger partial charge in [-0.15, -0.1) is 0 Å². The molecule has 2 N–H and O–H groups in total. The quantitative estimate of drug-likeness (QED) is 0.487. The van der Waals surface area contributed by atoms with E-state index in [0.717, 1.165) is 63.2 Å². The predicted octanol–water partition coefficient (Wildman–Crippen LogP) is 3.10. The molecule has 1 heterocycles. The number of hydrogen-bond donors (Lipinski definition) is 2. The van der Waals surface area contributed by atoms with Crippen molar-refractivity contribution >= 4 is 17.6 Å². The van der Waals surface area contributed by atoms with E-state index in [4.69, 9.17) is 16.6 Å². The maximum Gasteiger partial charge on any atom is 0.191 e. The Bertz CT molecular complexity index is 609. The van der Waals surface area contributed by atoms with Crippen LogP contribution in [0.15, 0.2) is 29.3 Å². The topological polar surface area (TPSA) is 42.9 Å². The molecule has 0 saturated carbocycles. The van der Waals surface area contributed by atoms with Crippen molar-refractivity contribution < 1.29 is 0 Å². The molecular weight excluding hydrogens is 370 g/mol. The third-order valence-corrected chi connectivity index (χ3v) is 5.45. The highest BCUT2D eigenvalue weighted by molar-refractivity contribution is 6.30. The van der Waals surface area contributed by atoms with Crippen LogP contribution < -0.4 is 10.6 Å². The van der Waals surface area contributed by atoms with Crippen LogP contribution in [0, 0.1) is 5.41 Å². The number of rotatable bonds is 9. The molecule has 2 rings (SSSR count). The monoisotopic (exact) mass is 407 g/mol. The van der Waals surface area contributed by atoms with Crippen molar-refractivity contribution in [2.45, 2.75) is 34.1 Å². The van der Waals surface area contributed by atoms with Crippen LogP contribution in [-0.4, -0.2) is 74.7 Å². The average Bonchev–Trinajstić information content (AvgIpc) is 2.66. The molecular formula is C22H38ClN5. The van der Waals surface area contributed by atoms with Crippen LogP contribution in [0.1, 0.15) is 33.3 Å². The Hall–Kier alpha value is -1.30. The van der Waals surface area contributed by atoms with Gasteiger partial charge in [-0.1, -0.05) is 44.5 Å². The predicted molar refractivity (Wildman–Crippen MR) is 121 cm³/mol. The van der Waals surface area contributed by atoms with Crippen molar-refractivity contribution in [1.82, 2.24) is 20.4 Å². The lowest BCUT2D eigenvalue weighted by molar-refractivity contribution is 0.139. The molecule has 1 fully saturated rings. The first-order chi connectivity index (χ1) is 13.4. The van der Waals surface area contributed by atoms with Crippen LogP contribution in [0.3, 0.4) is 0 Å². The smallest absolute Gasteiger partial charge is 0.191 e. The first-order valence-corrected chi connectivity index (χ1v) is 11.0. The second kappa shape index (κ2) is 11.6. The van der Waals surface area contributed by atoms with E-state index in [-0.39, 0.29) is 5.41 Å². The zero-order valence-corrected chi connectivity index (χ0v) is 18.9. The summed E-state index contributed by atoms with van der Waals surface area (Å²) in [7, 11) is 0. The molecule has 5 nitrogen and oxygen atoms in total. The summed E-state index contributed by atoms with van der Waals surface area (Å²) in [6.07, 6.45) is 0.957. The van der Waals surface area contributed by atoms with E-state index in [2.05, 4.69) is 60.3 Å². The fraction of sp³-hybridized carbons (Fsp3) is 0.682. The van der Waals surface area contributed by atoms with Gasteiger partial charge in [0, 0.05) is 57.4 Å². The van der Waals surface area contributed by atoms with Gasteiger partial charge in [-0.05, 0) is 43.0 Å². The lowest BCUT2D eigenvalue weighted by atomic mass is 9.86. The van der Waals surface area contributed by atoms with Gasteiger partial charge in [0.15, 0.2) is 5.96 Å². The summed E-state index contributed by atoms with van der Waals surface area (Å²) in [5, 5.41) is 7.67. The molecule has 0 atom stereocenters. The van der Waals surface area contributed by atoms with E-state index in [0.29, 0.717) is 0 Å². The zero-order valence-electron chi connectivity index (χ0n) is 18.1. The second-order valence-electron chi connectivity index (χ2n) is 8.37. The summed E-state index contributed by atoms with van der Waals surface area (Å²) in [4.78, 5) is 9.89. The number of nitrogens with one attached hydrogen (secondary N) is 2. The fourth-order valence-corrected chi connectivity index (χ4v) is 3.76. The average molecular weight is 408 g/mol. The highest BCUT2D eigenvalue weighted by Crippen LogP contribution is 2.23. The van der Waals surface area contributed by atoms with Crippen LogP contribution >= 0.6 is 11.6 Å². The standard InChI is InChI=1S/C22H38ClN5/c1-5-24-21(25-10-11-28-14-12-27(6-2)13-15-28)26-18-22(3,4)17-19-8-7-9-20(23)16-19/h7-9,16H,5-6,10-15,17-18H2,1-4H3,(H2,24,25,26). The molecule has 0 amide bonds. The Morgan fingerprint density at radius 1 is 1.11 bits per heavy atom. The van der Waals surface area contributed by atoms with Crippen molar-refractivity contribution in [3.05, 3.63) is 34.9 Å². The highest BCUT2D eigenvalue weighted by Gasteiger charge is 2.19. The van der Waals surface area contributed by atoms with E-state index in [1.807, 2.05) is 12.1 Å². The van der Waals surface area contributed by atoms with Gasteiger partial charge < -0.3 is 15.5 Å². The lowest BCUT2D eigenvalue weighted by Crippen LogP contribution is -2.49. The molecule has 1 saturated heterocycles. The molecule has 1 aliphatic rings. The van der Waals surface area contributed by atoms with Crippen LogP contribution in [0.2, 0.25) is 5.02 Å². The third kappa shape index (κ3) is 8.38. The summed E-state index contributed by atoms with van der Waals surface area (Å²) in [6.45, 7) is 18.3. The van der Waals surface area contributed by atoms with Gasteiger partial charge in [0.2, 0.25) is 0 Å². The van der Waals surface area contributed by atoms with Crippen LogP contribution in [-0.2, 0) is 6.42 Å². The first kappa shape index (κ1) is 23.0. The van der Waals surface area contributed by atoms with E-state index < -0.39 is 0 Å². The van der Waals surface area contributed by atoms with Crippen molar-refractivity contribution in [2.24, 2.45) is 10.4 Å². The molecule has 28 heavy (non-hydrogen) atoms. The summed E-state index contributed by atoms with van der Waals surface area (Å²) in [5.41, 5.74) is 1.33. The van der Waals surface area contributed by atoms with Crippen molar-refractivity contribution in [3.8, 4) is 0 Å². The van der Waals surface area contributed by atoms with Crippen molar-refractivity contribution in [2.75, 3.05) is 58.9 Å². The van der Waals surface area contributed by atoms with Gasteiger partial charge in [0.05, 0.1) is 0 Å². The van der Waals surface area contributed by atoms with Gasteiger partial charge >= 0.3 is 0 Å². The fourth-order valence-electron chi connectivity index (χ4n) is 3.55. The lowest BCUT2D eigenvalue weighted by Gasteiger charge is -2.34. The number of hydrogen-bond acceptors (Lipinski definition) is 3. The molecule has 0 spiro atoms. The normalized spacial score (nSPS) is 17.0. The van der Waals surface area contributed by atoms with Gasteiger partial charge in [0.1, 0.15) is 0 Å². The number of nitrogens with zero attached hydrogens (tertiary/aromatic N) is 3.